The van der Waals surface area contributed by atoms with Crippen molar-refractivity contribution in [2.45, 2.75) is 31.4 Å². The third-order valence-electron chi connectivity index (χ3n) is 3.50. The van der Waals surface area contributed by atoms with Crippen LogP contribution in [0.2, 0.25) is 0 Å². The van der Waals surface area contributed by atoms with Gasteiger partial charge in [0.05, 0.1) is 6.10 Å². The lowest BCUT2D eigenvalue weighted by Crippen LogP contribution is -2.28. The van der Waals surface area contributed by atoms with E-state index in [9.17, 15) is 0 Å². The SMILES string of the molecule is C=C(CNC1CCC(OC)C1)c1ccccc1. The van der Waals surface area contributed by atoms with Gasteiger partial charge in [0, 0.05) is 19.7 Å². The Labute approximate surface area is 104 Å². The van der Waals surface area contributed by atoms with Crippen molar-refractivity contribution >= 4 is 5.57 Å². The summed E-state index contributed by atoms with van der Waals surface area (Å²) in [4.78, 5) is 0. The maximum atomic E-state index is 5.37. The topological polar surface area (TPSA) is 21.3 Å². The predicted molar refractivity (Wildman–Crippen MR) is 71.9 cm³/mol. The molecule has 0 radical (unpaired) electrons. The maximum Gasteiger partial charge on any atom is 0.0586 e. The Morgan fingerprint density at radius 3 is 2.76 bits per heavy atom. The quantitative estimate of drug-likeness (QED) is 0.841. The average molecular weight is 231 g/mol. The molecular weight excluding hydrogens is 210 g/mol. The second-order valence-electron chi connectivity index (χ2n) is 4.72. The molecule has 2 unspecified atom stereocenters. The van der Waals surface area contributed by atoms with Gasteiger partial charge in [0.2, 0.25) is 0 Å². The van der Waals surface area contributed by atoms with E-state index in [0.717, 1.165) is 18.5 Å². The fraction of sp³-hybridized carbons (Fsp3) is 0.467. The minimum absolute atomic E-state index is 0.442. The summed E-state index contributed by atoms with van der Waals surface area (Å²) in [7, 11) is 1.80. The monoisotopic (exact) mass is 231 g/mol. The zero-order chi connectivity index (χ0) is 12.1. The average Bonchev–Trinajstić information content (AvgIpc) is 2.85. The Balaban J connectivity index is 1.78. The first-order valence-electron chi connectivity index (χ1n) is 6.29. The van der Waals surface area contributed by atoms with Crippen LogP contribution in [0.5, 0.6) is 0 Å². The Hall–Kier alpha value is -1.12. The van der Waals surface area contributed by atoms with E-state index in [-0.39, 0.29) is 0 Å². The number of hydrogen-bond donors (Lipinski definition) is 1. The van der Waals surface area contributed by atoms with E-state index >= 15 is 0 Å². The van der Waals surface area contributed by atoms with Gasteiger partial charge in [-0.3, -0.25) is 0 Å². The molecule has 0 aliphatic heterocycles. The Morgan fingerprint density at radius 2 is 2.12 bits per heavy atom. The molecule has 1 aliphatic rings. The summed E-state index contributed by atoms with van der Waals surface area (Å²) in [6.07, 6.45) is 3.95. The molecule has 2 heteroatoms. The molecule has 0 spiro atoms. The Morgan fingerprint density at radius 1 is 1.35 bits per heavy atom. The molecule has 0 saturated heterocycles. The van der Waals surface area contributed by atoms with Crippen molar-refractivity contribution in [3.05, 3.63) is 42.5 Å². The molecule has 1 aliphatic carbocycles. The number of methoxy groups -OCH3 is 1. The van der Waals surface area contributed by atoms with Crippen LogP contribution in [0.4, 0.5) is 0 Å². The molecule has 2 atom stereocenters. The van der Waals surface area contributed by atoms with Crippen LogP contribution >= 0.6 is 0 Å². The highest BCUT2D eigenvalue weighted by Gasteiger charge is 2.23. The predicted octanol–water partition coefficient (Wildman–Crippen LogP) is 2.86. The van der Waals surface area contributed by atoms with Gasteiger partial charge in [0.15, 0.2) is 0 Å². The highest BCUT2D eigenvalue weighted by atomic mass is 16.5. The molecule has 0 aromatic heterocycles. The van der Waals surface area contributed by atoms with Gasteiger partial charge in [-0.2, -0.15) is 0 Å². The third-order valence-corrected chi connectivity index (χ3v) is 3.50. The van der Waals surface area contributed by atoms with Crippen molar-refractivity contribution in [2.75, 3.05) is 13.7 Å². The van der Waals surface area contributed by atoms with Crippen LogP contribution in [0.3, 0.4) is 0 Å². The molecule has 2 nitrogen and oxygen atoms in total. The highest BCUT2D eigenvalue weighted by molar-refractivity contribution is 5.64. The van der Waals surface area contributed by atoms with E-state index in [1.54, 1.807) is 7.11 Å². The summed E-state index contributed by atoms with van der Waals surface area (Å²) in [6.45, 7) is 5.00. The summed E-state index contributed by atoms with van der Waals surface area (Å²) in [5, 5.41) is 3.56. The number of nitrogens with one attached hydrogen (secondary N) is 1. The Kier molecular flexibility index (Phi) is 4.35. The minimum Gasteiger partial charge on any atom is -0.381 e. The second-order valence-corrected chi connectivity index (χ2v) is 4.72. The van der Waals surface area contributed by atoms with Gasteiger partial charge < -0.3 is 10.1 Å². The van der Waals surface area contributed by atoms with Gasteiger partial charge in [-0.15, -0.1) is 0 Å². The summed E-state index contributed by atoms with van der Waals surface area (Å²) in [5.41, 5.74) is 2.38. The fourth-order valence-electron chi connectivity index (χ4n) is 2.38. The zero-order valence-electron chi connectivity index (χ0n) is 10.5. The van der Waals surface area contributed by atoms with Crippen LogP contribution in [-0.4, -0.2) is 25.8 Å². The molecular formula is C15H21NO. The molecule has 17 heavy (non-hydrogen) atoms. The molecule has 1 N–H and O–H groups in total. The lowest BCUT2D eigenvalue weighted by Gasteiger charge is -2.14. The molecule has 92 valence electrons. The van der Waals surface area contributed by atoms with Gasteiger partial charge in [-0.25, -0.2) is 0 Å². The van der Waals surface area contributed by atoms with E-state index in [1.165, 1.54) is 18.4 Å². The van der Waals surface area contributed by atoms with Crippen molar-refractivity contribution in [3.8, 4) is 0 Å². The number of benzene rings is 1. The first-order valence-corrected chi connectivity index (χ1v) is 6.29. The van der Waals surface area contributed by atoms with Crippen molar-refractivity contribution in [1.82, 2.24) is 5.32 Å². The Bertz CT molecular complexity index is 360. The van der Waals surface area contributed by atoms with Crippen molar-refractivity contribution < 1.29 is 4.74 Å². The summed E-state index contributed by atoms with van der Waals surface area (Å²) >= 11 is 0. The standard InChI is InChI=1S/C15H21NO/c1-12(13-6-4-3-5-7-13)11-16-14-8-9-15(10-14)17-2/h3-7,14-16H,1,8-11H2,2H3. The number of hydrogen-bond acceptors (Lipinski definition) is 2. The van der Waals surface area contributed by atoms with Crippen molar-refractivity contribution in [3.63, 3.8) is 0 Å². The lowest BCUT2D eigenvalue weighted by atomic mass is 10.1. The maximum absolute atomic E-state index is 5.37. The van der Waals surface area contributed by atoms with E-state index in [2.05, 4.69) is 36.2 Å². The van der Waals surface area contributed by atoms with Crippen molar-refractivity contribution in [1.29, 1.82) is 0 Å². The van der Waals surface area contributed by atoms with Crippen molar-refractivity contribution in [2.24, 2.45) is 0 Å². The zero-order valence-corrected chi connectivity index (χ0v) is 10.5. The van der Waals surface area contributed by atoms with Crippen LogP contribution in [0, 0.1) is 0 Å². The molecule has 0 amide bonds. The van der Waals surface area contributed by atoms with Crippen LogP contribution in [0.15, 0.2) is 36.9 Å². The summed E-state index contributed by atoms with van der Waals surface area (Å²) in [5.74, 6) is 0. The van der Waals surface area contributed by atoms with Gasteiger partial charge >= 0.3 is 0 Å². The van der Waals surface area contributed by atoms with E-state index in [1.807, 2.05) is 6.07 Å². The normalized spacial score (nSPS) is 23.8. The number of ether oxygens (including phenoxy) is 1. The molecule has 1 saturated carbocycles. The smallest absolute Gasteiger partial charge is 0.0586 e. The second kappa shape index (κ2) is 5.99. The van der Waals surface area contributed by atoms with Crippen LogP contribution in [0.25, 0.3) is 5.57 Å². The fourth-order valence-corrected chi connectivity index (χ4v) is 2.38. The first-order chi connectivity index (χ1) is 8.29. The van der Waals surface area contributed by atoms with Crippen LogP contribution in [-0.2, 0) is 4.74 Å². The first kappa shape index (κ1) is 12.3. The van der Waals surface area contributed by atoms with Crippen LogP contribution in [0.1, 0.15) is 24.8 Å². The number of rotatable bonds is 5. The van der Waals surface area contributed by atoms with E-state index < -0.39 is 0 Å². The minimum atomic E-state index is 0.442. The molecule has 0 heterocycles. The third kappa shape index (κ3) is 3.42. The lowest BCUT2D eigenvalue weighted by molar-refractivity contribution is 0.107. The van der Waals surface area contributed by atoms with Gasteiger partial charge in [0.1, 0.15) is 0 Å². The molecule has 1 fully saturated rings. The molecule has 1 aromatic rings. The van der Waals surface area contributed by atoms with E-state index in [4.69, 9.17) is 4.74 Å². The van der Waals surface area contributed by atoms with Gasteiger partial charge in [-0.1, -0.05) is 36.9 Å². The van der Waals surface area contributed by atoms with E-state index in [0.29, 0.717) is 12.1 Å². The van der Waals surface area contributed by atoms with Gasteiger partial charge in [-0.05, 0) is 30.4 Å². The summed E-state index contributed by atoms with van der Waals surface area (Å²) in [6, 6.07) is 10.9. The largest absolute Gasteiger partial charge is 0.381 e. The molecule has 0 bridgehead atoms. The molecule has 1 aromatic carbocycles. The summed E-state index contributed by atoms with van der Waals surface area (Å²) < 4.78 is 5.37. The molecule has 2 rings (SSSR count). The van der Waals surface area contributed by atoms with Crippen LogP contribution < -0.4 is 5.32 Å². The highest BCUT2D eigenvalue weighted by Crippen LogP contribution is 2.22. The van der Waals surface area contributed by atoms with Gasteiger partial charge in [0.25, 0.3) is 0 Å².